The van der Waals surface area contributed by atoms with Gasteiger partial charge in [0.1, 0.15) is 11.5 Å². The number of hydrogen-bond donors (Lipinski definition) is 1. The third-order valence-electron chi connectivity index (χ3n) is 2.57. The number of ether oxygens (including phenoxy) is 2. The molecule has 0 saturated carbocycles. The smallest absolute Gasteiger partial charge is 0.278 e. The molecule has 0 saturated heterocycles. The van der Waals surface area contributed by atoms with Crippen molar-refractivity contribution >= 4 is 0 Å². The zero-order chi connectivity index (χ0) is 13.1. The molecule has 0 atom stereocenters. The molecule has 0 aliphatic heterocycles. The van der Waals surface area contributed by atoms with Crippen molar-refractivity contribution in [3.63, 3.8) is 0 Å². The van der Waals surface area contributed by atoms with Crippen LogP contribution in [0.15, 0.2) is 12.1 Å². The summed E-state index contributed by atoms with van der Waals surface area (Å²) in [6, 6.07) is 2.85. The number of rotatable bonds is 5. The van der Waals surface area contributed by atoms with Crippen LogP contribution in [0.3, 0.4) is 0 Å². The Hall–Kier alpha value is -1.36. The Labute approximate surface area is 99.5 Å². The van der Waals surface area contributed by atoms with E-state index in [1.807, 2.05) is 0 Å². The van der Waals surface area contributed by atoms with Crippen LogP contribution in [0.1, 0.15) is 17.5 Å². The number of methoxy groups -OCH3 is 2. The summed E-state index contributed by atoms with van der Waals surface area (Å²) < 4.78 is 37.7. The lowest BCUT2D eigenvalue weighted by Crippen LogP contribution is -2.19. The summed E-state index contributed by atoms with van der Waals surface area (Å²) in [6.45, 7) is 1.68. The first-order valence-electron chi connectivity index (χ1n) is 5.27. The highest BCUT2D eigenvalue weighted by Crippen LogP contribution is 2.40. The van der Waals surface area contributed by atoms with Gasteiger partial charge in [-0.3, -0.25) is 0 Å². The highest BCUT2D eigenvalue weighted by Gasteiger charge is 2.34. The second-order valence-corrected chi connectivity index (χ2v) is 3.77. The minimum absolute atomic E-state index is 0.0909. The standard InChI is InChI=1S/C12H17F2NO2/c1-8-6-11(17-3)9(7-10(8)16-2)12(13,14)4-5-15/h6-7H,4-5,15H2,1-3H3. The average Bonchev–Trinajstić information content (AvgIpc) is 2.28. The van der Waals surface area contributed by atoms with Crippen LogP contribution in [-0.2, 0) is 5.92 Å². The normalized spacial score (nSPS) is 11.4. The Kier molecular flexibility index (Phi) is 4.28. The molecule has 96 valence electrons. The first kappa shape index (κ1) is 13.7. The lowest BCUT2D eigenvalue weighted by molar-refractivity contribution is -0.0130. The fourth-order valence-corrected chi connectivity index (χ4v) is 1.65. The largest absolute Gasteiger partial charge is 0.496 e. The predicted octanol–water partition coefficient (Wildman–Crippen LogP) is 2.45. The van der Waals surface area contributed by atoms with Gasteiger partial charge in [-0.05, 0) is 31.2 Å². The van der Waals surface area contributed by atoms with Crippen LogP contribution < -0.4 is 15.2 Å². The van der Waals surface area contributed by atoms with E-state index in [1.165, 1.54) is 20.3 Å². The SMILES string of the molecule is COc1cc(C(F)(F)CCN)c(OC)cc1C. The summed E-state index contributed by atoms with van der Waals surface area (Å²) in [7, 11) is 2.81. The van der Waals surface area contributed by atoms with Gasteiger partial charge in [-0.1, -0.05) is 0 Å². The van der Waals surface area contributed by atoms with Crippen molar-refractivity contribution in [3.8, 4) is 11.5 Å². The van der Waals surface area contributed by atoms with Crippen molar-refractivity contribution in [2.24, 2.45) is 5.73 Å². The van der Waals surface area contributed by atoms with E-state index < -0.39 is 12.3 Å². The molecular weight excluding hydrogens is 228 g/mol. The summed E-state index contributed by atoms with van der Waals surface area (Å²) >= 11 is 0. The van der Waals surface area contributed by atoms with Crippen LogP contribution in [0.5, 0.6) is 11.5 Å². The molecule has 0 bridgehead atoms. The molecular formula is C12H17F2NO2. The molecule has 0 spiro atoms. The predicted molar refractivity (Wildman–Crippen MR) is 61.8 cm³/mol. The lowest BCUT2D eigenvalue weighted by atomic mass is 10.0. The summed E-state index contributed by atoms with van der Waals surface area (Å²) in [5, 5.41) is 0. The summed E-state index contributed by atoms with van der Waals surface area (Å²) in [4.78, 5) is 0. The molecule has 3 nitrogen and oxygen atoms in total. The van der Waals surface area contributed by atoms with E-state index in [0.717, 1.165) is 5.56 Å². The highest BCUT2D eigenvalue weighted by atomic mass is 19.3. The minimum Gasteiger partial charge on any atom is -0.496 e. The van der Waals surface area contributed by atoms with Gasteiger partial charge in [0.05, 0.1) is 19.8 Å². The number of nitrogens with two attached hydrogens (primary N) is 1. The molecule has 2 N–H and O–H groups in total. The molecule has 0 aromatic heterocycles. The molecule has 0 aliphatic carbocycles. The monoisotopic (exact) mass is 245 g/mol. The molecule has 0 amide bonds. The lowest BCUT2D eigenvalue weighted by Gasteiger charge is -2.20. The Morgan fingerprint density at radius 1 is 1.18 bits per heavy atom. The Bertz CT molecular complexity index is 394. The van der Waals surface area contributed by atoms with Crippen molar-refractivity contribution in [2.75, 3.05) is 20.8 Å². The Balaban J connectivity index is 3.29. The maximum Gasteiger partial charge on any atom is 0.278 e. The van der Waals surface area contributed by atoms with E-state index in [9.17, 15) is 8.78 Å². The van der Waals surface area contributed by atoms with Crippen molar-refractivity contribution < 1.29 is 18.3 Å². The second-order valence-electron chi connectivity index (χ2n) is 3.77. The van der Waals surface area contributed by atoms with Gasteiger partial charge in [-0.25, -0.2) is 8.78 Å². The van der Waals surface area contributed by atoms with E-state index in [1.54, 1.807) is 13.0 Å². The molecule has 1 aromatic rings. The summed E-state index contributed by atoms with van der Waals surface area (Å²) in [6.07, 6.45) is -0.421. The van der Waals surface area contributed by atoms with Crippen LogP contribution in [0, 0.1) is 6.92 Å². The van der Waals surface area contributed by atoms with Gasteiger partial charge < -0.3 is 15.2 Å². The third kappa shape index (κ3) is 2.85. The molecule has 0 radical (unpaired) electrons. The summed E-state index contributed by atoms with van der Waals surface area (Å²) in [5.74, 6) is -2.44. The fraction of sp³-hybridized carbons (Fsp3) is 0.500. The van der Waals surface area contributed by atoms with E-state index in [4.69, 9.17) is 15.2 Å². The van der Waals surface area contributed by atoms with Gasteiger partial charge in [0.2, 0.25) is 0 Å². The van der Waals surface area contributed by atoms with Gasteiger partial charge in [-0.15, -0.1) is 0 Å². The van der Waals surface area contributed by atoms with Gasteiger partial charge in [0.15, 0.2) is 0 Å². The van der Waals surface area contributed by atoms with Crippen LogP contribution in [0.4, 0.5) is 8.78 Å². The van der Waals surface area contributed by atoms with Gasteiger partial charge in [0, 0.05) is 6.42 Å². The van der Waals surface area contributed by atoms with E-state index >= 15 is 0 Å². The highest BCUT2D eigenvalue weighted by molar-refractivity contribution is 5.47. The molecule has 0 fully saturated rings. The first-order chi connectivity index (χ1) is 7.96. The van der Waals surface area contributed by atoms with Crippen molar-refractivity contribution in [1.29, 1.82) is 0 Å². The average molecular weight is 245 g/mol. The molecule has 17 heavy (non-hydrogen) atoms. The zero-order valence-electron chi connectivity index (χ0n) is 10.2. The molecule has 1 rings (SSSR count). The summed E-state index contributed by atoms with van der Waals surface area (Å²) in [5.41, 5.74) is 5.75. The molecule has 1 aromatic carbocycles. The minimum atomic E-state index is -3.01. The number of benzene rings is 1. The van der Waals surface area contributed by atoms with Gasteiger partial charge >= 0.3 is 0 Å². The quantitative estimate of drug-likeness (QED) is 0.866. The van der Waals surface area contributed by atoms with E-state index in [-0.39, 0.29) is 17.9 Å². The van der Waals surface area contributed by atoms with Crippen molar-refractivity contribution in [3.05, 3.63) is 23.3 Å². The van der Waals surface area contributed by atoms with Crippen LogP contribution in [-0.4, -0.2) is 20.8 Å². The second kappa shape index (κ2) is 5.31. The van der Waals surface area contributed by atoms with Crippen LogP contribution in [0.25, 0.3) is 0 Å². The molecule has 0 unspecified atom stereocenters. The first-order valence-corrected chi connectivity index (χ1v) is 5.27. The number of alkyl halides is 2. The maximum atomic E-state index is 13.8. The van der Waals surface area contributed by atoms with E-state index in [2.05, 4.69) is 0 Å². The van der Waals surface area contributed by atoms with Crippen molar-refractivity contribution in [1.82, 2.24) is 0 Å². The number of aryl methyl sites for hydroxylation is 1. The van der Waals surface area contributed by atoms with Gasteiger partial charge in [-0.2, -0.15) is 0 Å². The zero-order valence-corrected chi connectivity index (χ0v) is 10.2. The van der Waals surface area contributed by atoms with Gasteiger partial charge in [0.25, 0.3) is 5.92 Å². The molecule has 0 heterocycles. The molecule has 5 heteroatoms. The maximum absolute atomic E-state index is 13.8. The number of hydrogen-bond acceptors (Lipinski definition) is 3. The fourth-order valence-electron chi connectivity index (χ4n) is 1.65. The Morgan fingerprint density at radius 3 is 2.24 bits per heavy atom. The van der Waals surface area contributed by atoms with Crippen LogP contribution in [0.2, 0.25) is 0 Å². The van der Waals surface area contributed by atoms with E-state index in [0.29, 0.717) is 5.75 Å². The topological polar surface area (TPSA) is 44.5 Å². The van der Waals surface area contributed by atoms with Crippen LogP contribution >= 0.6 is 0 Å². The number of halogens is 2. The Morgan fingerprint density at radius 2 is 1.76 bits per heavy atom. The van der Waals surface area contributed by atoms with Crippen molar-refractivity contribution in [2.45, 2.75) is 19.3 Å². The molecule has 0 aliphatic rings. The third-order valence-corrected chi connectivity index (χ3v) is 2.57.